The summed E-state index contributed by atoms with van der Waals surface area (Å²) in [6.07, 6.45) is 20.7. The van der Waals surface area contributed by atoms with Crippen molar-refractivity contribution in [3.8, 4) is 0 Å². The van der Waals surface area contributed by atoms with Gasteiger partial charge in [-0.05, 0) is 124 Å². The van der Waals surface area contributed by atoms with Gasteiger partial charge in [-0.1, -0.05) is 76.2 Å². The van der Waals surface area contributed by atoms with Crippen LogP contribution in [0.15, 0.2) is 66.8 Å². The van der Waals surface area contributed by atoms with E-state index in [0.29, 0.717) is 0 Å². The minimum absolute atomic E-state index is 0.0737. The molecule has 0 amide bonds. The lowest BCUT2D eigenvalue weighted by Gasteiger charge is -2.51. The van der Waals surface area contributed by atoms with Gasteiger partial charge in [0.2, 0.25) is 0 Å². The highest BCUT2D eigenvalue weighted by Crippen LogP contribution is 2.56. The van der Waals surface area contributed by atoms with Crippen LogP contribution in [-0.2, 0) is 10.8 Å². The standard InChI is InChI=1S/C43H52N4/c1-27-17-31-18-28(2)22-42(21-27,25-31)40-44-39(45-41(46-40)43-23-29(3)19-32(26-43)20-30(4)24-43)35-13-7-10-16-38(35)47-36-14-8-5-11-33(36)34-12-6-9-15-37(34)47/h5-12,14-16,27-32,35H,13,17-26H2,1-4H3/t27-,28?,29+,30?,31?,32?,35?,42?,43?. The highest BCUT2D eigenvalue weighted by Gasteiger charge is 2.51. The molecule has 9 atom stereocenters. The zero-order valence-electron chi connectivity index (χ0n) is 29.0. The average molecular weight is 625 g/mol. The summed E-state index contributed by atoms with van der Waals surface area (Å²) >= 11 is 0. The molecule has 0 saturated heterocycles. The van der Waals surface area contributed by atoms with Gasteiger partial charge in [-0.15, -0.1) is 0 Å². The molecule has 47 heavy (non-hydrogen) atoms. The van der Waals surface area contributed by atoms with Crippen LogP contribution in [0.1, 0.15) is 122 Å². The van der Waals surface area contributed by atoms with Gasteiger partial charge in [0.15, 0.2) is 0 Å². The van der Waals surface area contributed by atoms with E-state index in [9.17, 15) is 0 Å². The lowest BCUT2D eigenvalue weighted by molar-refractivity contribution is 0.0628. The van der Waals surface area contributed by atoms with E-state index in [2.05, 4.69) is 99.0 Å². The third-order valence-electron chi connectivity index (χ3n) is 13.1. The summed E-state index contributed by atoms with van der Waals surface area (Å²) < 4.78 is 2.52. The molecule has 5 aliphatic carbocycles. The van der Waals surface area contributed by atoms with Gasteiger partial charge in [0.25, 0.3) is 0 Å². The molecule has 4 aromatic rings. The van der Waals surface area contributed by atoms with E-state index in [0.717, 1.165) is 59.4 Å². The normalized spacial score (nSPS) is 36.9. The van der Waals surface area contributed by atoms with E-state index in [1.54, 1.807) is 0 Å². The van der Waals surface area contributed by atoms with Crippen LogP contribution in [0.5, 0.6) is 0 Å². The van der Waals surface area contributed by atoms with Crippen LogP contribution < -0.4 is 0 Å². The molecule has 4 nitrogen and oxygen atoms in total. The van der Waals surface area contributed by atoms with E-state index < -0.39 is 0 Å². The van der Waals surface area contributed by atoms with Gasteiger partial charge < -0.3 is 4.57 Å². The molecule has 4 bridgehead atoms. The number of rotatable bonds is 4. The SMILES string of the molecule is CC1CC2C[C@@H](C)CC(c3nc(C4CC=CC=C4n4c5ccccc5c5ccccc54)nc(C45CC(C)CC(C[C@H](C)C4)C5)n3)(C1)C2. The van der Waals surface area contributed by atoms with Crippen molar-refractivity contribution >= 4 is 27.5 Å². The van der Waals surface area contributed by atoms with Crippen LogP contribution in [0.4, 0.5) is 0 Å². The van der Waals surface area contributed by atoms with E-state index in [-0.39, 0.29) is 16.7 Å². The van der Waals surface area contributed by atoms with Gasteiger partial charge in [-0.2, -0.15) is 0 Å². The average Bonchev–Trinajstić information content (AvgIpc) is 3.37. The Bertz CT molecular complexity index is 1740. The third kappa shape index (κ3) is 4.94. The predicted octanol–water partition coefficient (Wildman–Crippen LogP) is 10.8. The molecule has 0 aliphatic heterocycles. The summed E-state index contributed by atoms with van der Waals surface area (Å²) in [4.78, 5) is 17.2. The molecule has 4 heteroatoms. The van der Waals surface area contributed by atoms with Crippen molar-refractivity contribution in [2.24, 2.45) is 35.5 Å². The lowest BCUT2D eigenvalue weighted by Crippen LogP contribution is -2.46. The van der Waals surface area contributed by atoms with Crippen LogP contribution in [0.2, 0.25) is 0 Å². The first kappa shape index (κ1) is 29.8. The minimum Gasteiger partial charge on any atom is -0.312 e. The van der Waals surface area contributed by atoms with Crippen LogP contribution in [0.3, 0.4) is 0 Å². The van der Waals surface area contributed by atoms with Crippen LogP contribution in [0, 0.1) is 35.5 Å². The third-order valence-corrected chi connectivity index (χ3v) is 13.1. The zero-order chi connectivity index (χ0) is 31.9. The molecule has 0 spiro atoms. The van der Waals surface area contributed by atoms with Crippen molar-refractivity contribution in [2.75, 3.05) is 0 Å². The van der Waals surface area contributed by atoms with E-state index in [4.69, 9.17) is 15.0 Å². The molecule has 9 rings (SSSR count). The Kier molecular flexibility index (Phi) is 7.07. The van der Waals surface area contributed by atoms with Crippen molar-refractivity contribution in [3.63, 3.8) is 0 Å². The number of benzene rings is 2. The Morgan fingerprint density at radius 1 is 0.596 bits per heavy atom. The van der Waals surface area contributed by atoms with Crippen molar-refractivity contribution in [1.29, 1.82) is 0 Å². The van der Waals surface area contributed by atoms with Gasteiger partial charge in [0.05, 0.1) is 17.0 Å². The molecule has 0 N–H and O–H groups in total. The number of nitrogens with zero attached hydrogens (tertiary/aromatic N) is 4. The molecule has 4 fully saturated rings. The summed E-state index contributed by atoms with van der Waals surface area (Å²) in [5.41, 5.74) is 3.97. The van der Waals surface area contributed by atoms with Gasteiger partial charge in [0, 0.05) is 27.3 Å². The Hall–Kier alpha value is -3.27. The van der Waals surface area contributed by atoms with Crippen molar-refractivity contribution in [2.45, 2.75) is 115 Å². The molecule has 244 valence electrons. The summed E-state index contributed by atoms with van der Waals surface area (Å²) in [6, 6.07) is 17.8. The lowest BCUT2D eigenvalue weighted by atomic mass is 9.55. The summed E-state index contributed by atoms with van der Waals surface area (Å²) in [6.45, 7) is 9.96. The molecule has 0 radical (unpaired) electrons. The molecule has 2 aromatic carbocycles. The van der Waals surface area contributed by atoms with Crippen molar-refractivity contribution in [3.05, 3.63) is 84.2 Å². The molecule has 2 aromatic heterocycles. The molecule has 2 heterocycles. The first-order valence-electron chi connectivity index (χ1n) is 18.9. The van der Waals surface area contributed by atoms with Crippen LogP contribution in [0.25, 0.3) is 27.5 Å². The fourth-order valence-corrected chi connectivity index (χ4v) is 12.3. The Labute approximate surface area is 281 Å². The van der Waals surface area contributed by atoms with Crippen LogP contribution in [-0.4, -0.2) is 19.5 Å². The molecule has 4 saturated carbocycles. The van der Waals surface area contributed by atoms with Gasteiger partial charge in [-0.25, -0.2) is 15.0 Å². The maximum Gasteiger partial charge on any atom is 0.141 e. The van der Waals surface area contributed by atoms with Crippen molar-refractivity contribution in [1.82, 2.24) is 19.5 Å². The maximum absolute atomic E-state index is 5.76. The van der Waals surface area contributed by atoms with E-state index in [1.807, 2.05) is 0 Å². The second-order valence-electron chi connectivity index (χ2n) is 17.4. The van der Waals surface area contributed by atoms with Gasteiger partial charge in [0.1, 0.15) is 17.5 Å². The summed E-state index contributed by atoms with van der Waals surface area (Å²) in [5, 5.41) is 2.62. The fraction of sp³-hybridized carbons (Fsp3) is 0.558. The first-order valence-corrected chi connectivity index (χ1v) is 18.9. The van der Waals surface area contributed by atoms with E-state index >= 15 is 0 Å². The molecular weight excluding hydrogens is 573 g/mol. The predicted molar refractivity (Wildman–Crippen MR) is 193 cm³/mol. The van der Waals surface area contributed by atoms with Crippen molar-refractivity contribution < 1.29 is 0 Å². The van der Waals surface area contributed by atoms with Gasteiger partial charge in [-0.3, -0.25) is 0 Å². The Morgan fingerprint density at radius 2 is 1.06 bits per heavy atom. The quantitative estimate of drug-likeness (QED) is 0.227. The Morgan fingerprint density at radius 3 is 1.55 bits per heavy atom. The second kappa shape index (κ2) is 11.1. The van der Waals surface area contributed by atoms with Gasteiger partial charge >= 0.3 is 0 Å². The number of hydrogen-bond acceptors (Lipinski definition) is 3. The molecule has 5 aliphatic rings. The number of allylic oxidation sites excluding steroid dienone is 4. The summed E-state index contributed by atoms with van der Waals surface area (Å²) in [5.74, 6) is 7.90. The number of hydrogen-bond donors (Lipinski definition) is 0. The minimum atomic E-state index is 0.0737. The highest BCUT2D eigenvalue weighted by molar-refractivity contribution is 6.10. The molecular formula is C43H52N4. The maximum atomic E-state index is 5.76. The highest BCUT2D eigenvalue weighted by atomic mass is 15.1. The monoisotopic (exact) mass is 624 g/mol. The Balaban J connectivity index is 1.25. The smallest absolute Gasteiger partial charge is 0.141 e. The summed E-state index contributed by atoms with van der Waals surface area (Å²) in [7, 11) is 0. The number of fused-ring (bicyclic) bond motifs is 7. The zero-order valence-corrected chi connectivity index (χ0v) is 29.0. The number of aromatic nitrogens is 4. The topological polar surface area (TPSA) is 43.6 Å². The second-order valence-corrected chi connectivity index (χ2v) is 17.4. The fourth-order valence-electron chi connectivity index (χ4n) is 12.3. The molecule has 7 unspecified atom stereocenters. The largest absolute Gasteiger partial charge is 0.312 e. The van der Waals surface area contributed by atoms with Crippen LogP contribution >= 0.6 is 0 Å². The van der Waals surface area contributed by atoms with E-state index in [1.165, 1.54) is 91.7 Å². The number of para-hydroxylation sites is 2. The first-order chi connectivity index (χ1) is 22.8.